The van der Waals surface area contributed by atoms with E-state index in [-0.39, 0.29) is 0 Å². The summed E-state index contributed by atoms with van der Waals surface area (Å²) in [7, 11) is 2.08. The molecule has 3 nitrogen and oxygen atoms in total. The number of halogens is 1. The zero-order valence-electron chi connectivity index (χ0n) is 10.6. The monoisotopic (exact) mass is 299 g/mol. The minimum Gasteiger partial charge on any atom is -0.338 e. The third-order valence-corrected chi connectivity index (χ3v) is 4.47. The molecule has 2 heterocycles. The summed E-state index contributed by atoms with van der Waals surface area (Å²) < 4.78 is 2.13. The first-order chi connectivity index (χ1) is 8.31. The normalized spacial score (nSPS) is 22.6. The second kappa shape index (κ2) is 6.55. The van der Waals surface area contributed by atoms with Crippen LogP contribution < -0.4 is 0 Å². The van der Waals surface area contributed by atoms with Gasteiger partial charge in [-0.05, 0) is 19.4 Å². The third kappa shape index (κ3) is 3.55. The van der Waals surface area contributed by atoms with Crippen LogP contribution in [0.2, 0.25) is 0 Å². The first kappa shape index (κ1) is 13.1. The van der Waals surface area contributed by atoms with Gasteiger partial charge in [-0.2, -0.15) is 0 Å². The Balaban J connectivity index is 1.89. The average molecular weight is 300 g/mol. The van der Waals surface area contributed by atoms with E-state index in [9.17, 15) is 0 Å². The van der Waals surface area contributed by atoms with Gasteiger partial charge in [0.05, 0.1) is 0 Å². The Labute approximate surface area is 112 Å². The number of rotatable bonds is 4. The molecule has 0 saturated carbocycles. The van der Waals surface area contributed by atoms with Crippen LogP contribution in [0.25, 0.3) is 0 Å². The predicted octanol–water partition coefficient (Wildman–Crippen LogP) is 2.60. The summed E-state index contributed by atoms with van der Waals surface area (Å²) in [6.07, 6.45) is 10.4. The van der Waals surface area contributed by atoms with Crippen LogP contribution in [-0.2, 0) is 13.5 Å². The lowest BCUT2D eigenvalue weighted by Gasteiger charge is -2.28. The Bertz CT molecular complexity index is 337. The van der Waals surface area contributed by atoms with Crippen LogP contribution in [0.1, 0.15) is 31.5 Å². The van der Waals surface area contributed by atoms with Gasteiger partial charge in [-0.3, -0.25) is 4.90 Å². The van der Waals surface area contributed by atoms with Crippen molar-refractivity contribution in [3.8, 4) is 0 Å². The lowest BCUT2D eigenvalue weighted by molar-refractivity contribution is 0.219. The van der Waals surface area contributed by atoms with Gasteiger partial charge in [0.1, 0.15) is 5.82 Å². The second-order valence-corrected chi connectivity index (χ2v) is 5.55. The molecule has 1 saturated heterocycles. The smallest absolute Gasteiger partial charge is 0.109 e. The molecule has 4 heteroatoms. The van der Waals surface area contributed by atoms with Gasteiger partial charge < -0.3 is 4.57 Å². The summed E-state index contributed by atoms with van der Waals surface area (Å²) >= 11 is 3.66. The molecule has 0 amide bonds. The summed E-state index contributed by atoms with van der Waals surface area (Å²) in [5.41, 5.74) is 0. The first-order valence-corrected chi connectivity index (χ1v) is 7.69. The van der Waals surface area contributed by atoms with Crippen LogP contribution in [0, 0.1) is 0 Å². The molecule has 1 aliphatic rings. The number of hydrogen-bond acceptors (Lipinski definition) is 2. The lowest BCUT2D eigenvalue weighted by Crippen LogP contribution is -2.37. The summed E-state index contributed by atoms with van der Waals surface area (Å²) in [5, 5.41) is 1.10. The minimum absolute atomic E-state index is 0.720. The van der Waals surface area contributed by atoms with Crippen LogP contribution in [0.15, 0.2) is 12.4 Å². The van der Waals surface area contributed by atoms with Gasteiger partial charge in [0.2, 0.25) is 0 Å². The first-order valence-electron chi connectivity index (χ1n) is 6.57. The highest BCUT2D eigenvalue weighted by Crippen LogP contribution is 2.18. The van der Waals surface area contributed by atoms with E-state index in [1.807, 2.05) is 12.4 Å². The van der Waals surface area contributed by atoms with E-state index < -0.39 is 0 Å². The molecule has 1 aromatic heterocycles. The van der Waals surface area contributed by atoms with Gasteiger partial charge in [-0.15, -0.1) is 0 Å². The largest absolute Gasteiger partial charge is 0.338 e. The molecule has 1 unspecified atom stereocenters. The van der Waals surface area contributed by atoms with Gasteiger partial charge in [0.25, 0.3) is 0 Å². The molecule has 96 valence electrons. The summed E-state index contributed by atoms with van der Waals surface area (Å²) in [6.45, 7) is 2.39. The number of hydrogen-bond donors (Lipinski definition) is 0. The van der Waals surface area contributed by atoms with Crippen LogP contribution >= 0.6 is 15.9 Å². The number of nitrogens with zero attached hydrogens (tertiary/aromatic N) is 3. The zero-order valence-corrected chi connectivity index (χ0v) is 12.2. The number of aryl methyl sites for hydroxylation is 1. The molecule has 0 radical (unpaired) electrons. The average Bonchev–Trinajstić information content (AvgIpc) is 2.63. The summed E-state index contributed by atoms with van der Waals surface area (Å²) in [4.78, 5) is 7.03. The fourth-order valence-electron chi connectivity index (χ4n) is 2.59. The van der Waals surface area contributed by atoms with Crippen molar-refractivity contribution in [2.75, 3.05) is 18.4 Å². The quantitative estimate of drug-likeness (QED) is 0.797. The molecule has 17 heavy (non-hydrogen) atoms. The number of alkyl halides is 1. The molecular formula is C13H22BrN3. The number of imidazole rings is 1. The molecule has 0 aromatic carbocycles. The minimum atomic E-state index is 0.720. The molecule has 1 aromatic rings. The van der Waals surface area contributed by atoms with E-state index >= 15 is 0 Å². The molecule has 1 fully saturated rings. The number of likely N-dealkylation sites (tertiary alicyclic amines) is 1. The van der Waals surface area contributed by atoms with Gasteiger partial charge in [-0.1, -0.05) is 28.8 Å². The Morgan fingerprint density at radius 3 is 3.00 bits per heavy atom. The summed E-state index contributed by atoms with van der Waals surface area (Å²) in [5.74, 6) is 1.20. The Morgan fingerprint density at radius 1 is 1.41 bits per heavy atom. The fourth-order valence-corrected chi connectivity index (χ4v) is 3.32. The third-order valence-electron chi connectivity index (χ3n) is 3.72. The molecule has 0 N–H and O–H groups in total. The SMILES string of the molecule is Cn1ccnc1CCN1CCCCCC1CBr. The van der Waals surface area contributed by atoms with Gasteiger partial charge in [0.15, 0.2) is 0 Å². The maximum absolute atomic E-state index is 4.40. The topological polar surface area (TPSA) is 21.1 Å². The molecule has 0 aliphatic carbocycles. The van der Waals surface area contributed by atoms with Crippen LogP contribution in [0.4, 0.5) is 0 Å². The standard InChI is InChI=1S/C13H22BrN3/c1-16-10-7-15-13(16)6-9-17-8-4-2-3-5-12(17)11-14/h7,10,12H,2-6,8-9,11H2,1H3. The van der Waals surface area contributed by atoms with Crippen LogP contribution in [0.3, 0.4) is 0 Å². The highest BCUT2D eigenvalue weighted by Gasteiger charge is 2.19. The molecule has 1 aliphatic heterocycles. The van der Waals surface area contributed by atoms with Crippen molar-refractivity contribution < 1.29 is 0 Å². The Hall–Kier alpha value is -0.350. The van der Waals surface area contributed by atoms with E-state index in [0.29, 0.717) is 0 Å². The van der Waals surface area contributed by atoms with Crippen molar-refractivity contribution in [3.05, 3.63) is 18.2 Å². The van der Waals surface area contributed by atoms with Gasteiger partial charge >= 0.3 is 0 Å². The second-order valence-electron chi connectivity index (χ2n) is 4.90. The van der Waals surface area contributed by atoms with Crippen molar-refractivity contribution in [2.45, 2.75) is 38.1 Å². The van der Waals surface area contributed by atoms with Crippen LogP contribution in [0.5, 0.6) is 0 Å². The summed E-state index contributed by atoms with van der Waals surface area (Å²) in [6, 6.07) is 0.720. The number of aromatic nitrogens is 2. The maximum atomic E-state index is 4.40. The maximum Gasteiger partial charge on any atom is 0.109 e. The highest BCUT2D eigenvalue weighted by atomic mass is 79.9. The lowest BCUT2D eigenvalue weighted by atomic mass is 10.1. The van der Waals surface area contributed by atoms with E-state index in [1.165, 1.54) is 38.1 Å². The van der Waals surface area contributed by atoms with Gasteiger partial charge in [-0.25, -0.2) is 4.98 Å². The molecule has 0 bridgehead atoms. The Kier molecular flexibility index (Phi) is 5.04. The molecular weight excluding hydrogens is 278 g/mol. The van der Waals surface area contributed by atoms with Crippen LogP contribution in [-0.4, -0.2) is 38.9 Å². The van der Waals surface area contributed by atoms with Crippen molar-refractivity contribution in [1.29, 1.82) is 0 Å². The van der Waals surface area contributed by atoms with Gasteiger partial charge in [0, 0.05) is 43.8 Å². The Morgan fingerprint density at radius 2 is 2.29 bits per heavy atom. The van der Waals surface area contributed by atoms with E-state index in [4.69, 9.17) is 0 Å². The zero-order chi connectivity index (χ0) is 12.1. The van der Waals surface area contributed by atoms with Crippen molar-refractivity contribution in [1.82, 2.24) is 14.5 Å². The molecule has 0 spiro atoms. The van der Waals surface area contributed by atoms with E-state index in [2.05, 4.69) is 37.4 Å². The van der Waals surface area contributed by atoms with E-state index in [0.717, 1.165) is 24.3 Å². The van der Waals surface area contributed by atoms with Crippen molar-refractivity contribution in [3.63, 3.8) is 0 Å². The fraction of sp³-hybridized carbons (Fsp3) is 0.769. The van der Waals surface area contributed by atoms with Crippen molar-refractivity contribution in [2.24, 2.45) is 7.05 Å². The molecule has 1 atom stereocenters. The predicted molar refractivity (Wildman–Crippen MR) is 74.5 cm³/mol. The molecule has 2 rings (SSSR count). The van der Waals surface area contributed by atoms with E-state index in [1.54, 1.807) is 0 Å². The highest BCUT2D eigenvalue weighted by molar-refractivity contribution is 9.09. The van der Waals surface area contributed by atoms with Crippen molar-refractivity contribution >= 4 is 15.9 Å².